The highest BCUT2D eigenvalue weighted by atomic mass is 19.3. The first-order valence-electron chi connectivity index (χ1n) is 10.1. The summed E-state index contributed by atoms with van der Waals surface area (Å²) in [4.78, 5) is 27.3. The highest BCUT2D eigenvalue weighted by molar-refractivity contribution is 6.02. The smallest absolute Gasteiger partial charge is 0.282 e. The van der Waals surface area contributed by atoms with E-state index in [1.165, 1.54) is 21.6 Å². The van der Waals surface area contributed by atoms with Crippen LogP contribution in [0.2, 0.25) is 0 Å². The Balaban J connectivity index is 1.51. The Bertz CT molecular complexity index is 931. The van der Waals surface area contributed by atoms with Crippen molar-refractivity contribution in [1.29, 1.82) is 0 Å². The summed E-state index contributed by atoms with van der Waals surface area (Å²) in [6, 6.07) is 1.37. The predicted molar refractivity (Wildman–Crippen MR) is 102 cm³/mol. The molecule has 0 atom stereocenters. The fourth-order valence-corrected chi connectivity index (χ4v) is 3.58. The molecular weight excluding hydrogens is 398 g/mol. The van der Waals surface area contributed by atoms with Crippen LogP contribution in [0, 0.1) is 0 Å². The molecule has 2 aromatic rings. The first-order chi connectivity index (χ1) is 14.5. The molecule has 0 bridgehead atoms. The van der Waals surface area contributed by atoms with Gasteiger partial charge in [-0.05, 0) is 25.8 Å². The van der Waals surface area contributed by atoms with Crippen molar-refractivity contribution in [2.45, 2.75) is 45.2 Å². The van der Waals surface area contributed by atoms with Crippen LogP contribution in [0.4, 0.5) is 14.5 Å². The van der Waals surface area contributed by atoms with Gasteiger partial charge in [-0.1, -0.05) is 0 Å². The second-order valence-corrected chi connectivity index (χ2v) is 7.40. The van der Waals surface area contributed by atoms with Crippen molar-refractivity contribution in [3.8, 4) is 0 Å². The van der Waals surface area contributed by atoms with Gasteiger partial charge in [0.25, 0.3) is 12.3 Å². The minimum atomic E-state index is -2.69. The van der Waals surface area contributed by atoms with Crippen LogP contribution in [0.3, 0.4) is 0 Å². The zero-order valence-electron chi connectivity index (χ0n) is 16.7. The van der Waals surface area contributed by atoms with Crippen molar-refractivity contribution in [3.05, 3.63) is 29.3 Å². The summed E-state index contributed by atoms with van der Waals surface area (Å²) in [5.74, 6) is -0.516. The summed E-state index contributed by atoms with van der Waals surface area (Å²) in [6.07, 6.45) is 0.548. The molecule has 2 amide bonds. The molecule has 4 rings (SSSR count). The summed E-state index contributed by atoms with van der Waals surface area (Å²) in [6.45, 7) is 3.97. The van der Waals surface area contributed by atoms with Crippen LogP contribution in [-0.2, 0) is 22.6 Å². The molecule has 2 aliphatic rings. The van der Waals surface area contributed by atoms with Gasteiger partial charge in [0.2, 0.25) is 5.91 Å². The summed E-state index contributed by atoms with van der Waals surface area (Å²) >= 11 is 0. The van der Waals surface area contributed by atoms with E-state index in [2.05, 4.69) is 15.5 Å². The molecular formula is C19H24F2N6O3. The molecule has 2 fully saturated rings. The summed E-state index contributed by atoms with van der Waals surface area (Å²) in [5, 5.41) is 10.8. The number of nitrogens with one attached hydrogen (secondary N) is 1. The lowest BCUT2D eigenvalue weighted by Gasteiger charge is -2.27. The SMILES string of the molecule is CCn1ncc(NC(=O)Cn2nc(C(F)F)cc2C2CC2)c1C(=O)N1CCOCC1. The van der Waals surface area contributed by atoms with Gasteiger partial charge in [-0.15, -0.1) is 0 Å². The summed E-state index contributed by atoms with van der Waals surface area (Å²) in [5.41, 5.74) is 0.914. The maximum atomic E-state index is 13.1. The van der Waals surface area contributed by atoms with Crippen LogP contribution in [0.15, 0.2) is 12.3 Å². The van der Waals surface area contributed by atoms with Crippen LogP contribution in [-0.4, -0.2) is 62.6 Å². The fourth-order valence-electron chi connectivity index (χ4n) is 3.58. The number of anilines is 1. The summed E-state index contributed by atoms with van der Waals surface area (Å²) < 4.78 is 34.3. The van der Waals surface area contributed by atoms with Gasteiger partial charge in [0.05, 0.1) is 25.1 Å². The average Bonchev–Trinajstić information content (AvgIpc) is 3.37. The number of ether oxygens (including phenoxy) is 1. The first-order valence-corrected chi connectivity index (χ1v) is 10.1. The highest BCUT2D eigenvalue weighted by Crippen LogP contribution is 2.41. The van der Waals surface area contributed by atoms with E-state index in [9.17, 15) is 18.4 Å². The molecule has 2 aromatic heterocycles. The number of hydrogen-bond donors (Lipinski definition) is 1. The molecule has 9 nitrogen and oxygen atoms in total. The third kappa shape index (κ3) is 4.20. The molecule has 1 aliphatic carbocycles. The molecule has 1 aliphatic heterocycles. The third-order valence-electron chi connectivity index (χ3n) is 5.26. The molecule has 1 saturated heterocycles. The second kappa shape index (κ2) is 8.50. The Morgan fingerprint density at radius 1 is 1.27 bits per heavy atom. The molecule has 162 valence electrons. The van der Waals surface area contributed by atoms with E-state index in [-0.39, 0.29) is 24.1 Å². The van der Waals surface area contributed by atoms with Gasteiger partial charge in [-0.25, -0.2) is 8.78 Å². The molecule has 0 unspecified atom stereocenters. The maximum Gasteiger partial charge on any atom is 0.282 e. The van der Waals surface area contributed by atoms with E-state index < -0.39 is 12.3 Å². The third-order valence-corrected chi connectivity index (χ3v) is 5.26. The molecule has 0 radical (unpaired) electrons. The molecule has 30 heavy (non-hydrogen) atoms. The van der Waals surface area contributed by atoms with Gasteiger partial charge in [0.1, 0.15) is 17.9 Å². The lowest BCUT2D eigenvalue weighted by atomic mass is 10.2. The number of halogens is 2. The Morgan fingerprint density at radius 2 is 2.00 bits per heavy atom. The standard InChI is InChI=1S/C19H24F2N6O3/c1-2-26-17(19(29)25-5-7-30-8-6-25)14(10-22-26)23-16(28)11-27-15(12-3-4-12)9-13(24-27)18(20)21/h9-10,12,18H,2-8,11H2,1H3,(H,23,28). The van der Waals surface area contributed by atoms with Gasteiger partial charge in [-0.2, -0.15) is 10.2 Å². The van der Waals surface area contributed by atoms with E-state index >= 15 is 0 Å². The van der Waals surface area contributed by atoms with Gasteiger partial charge in [-0.3, -0.25) is 19.0 Å². The average molecular weight is 422 g/mol. The Labute approximate surface area is 172 Å². The molecule has 11 heteroatoms. The van der Waals surface area contributed by atoms with Gasteiger partial charge < -0.3 is 15.0 Å². The van der Waals surface area contributed by atoms with Crippen LogP contribution in [0.25, 0.3) is 0 Å². The topological polar surface area (TPSA) is 94.3 Å². The number of hydrogen-bond acceptors (Lipinski definition) is 5. The van der Waals surface area contributed by atoms with E-state index in [1.54, 1.807) is 4.90 Å². The monoisotopic (exact) mass is 422 g/mol. The number of morpholine rings is 1. The second-order valence-electron chi connectivity index (χ2n) is 7.40. The van der Waals surface area contributed by atoms with E-state index in [4.69, 9.17) is 4.74 Å². The lowest BCUT2D eigenvalue weighted by Crippen LogP contribution is -2.41. The zero-order valence-corrected chi connectivity index (χ0v) is 16.7. The van der Waals surface area contributed by atoms with Crippen LogP contribution in [0.1, 0.15) is 54.0 Å². The number of rotatable bonds is 7. The van der Waals surface area contributed by atoms with E-state index in [0.29, 0.717) is 49.9 Å². The predicted octanol–water partition coefficient (Wildman–Crippen LogP) is 2.03. The van der Waals surface area contributed by atoms with Gasteiger partial charge in [0.15, 0.2) is 0 Å². The minimum Gasteiger partial charge on any atom is -0.378 e. The first kappa shape index (κ1) is 20.5. The Hall–Kier alpha value is -2.82. The van der Waals surface area contributed by atoms with E-state index in [0.717, 1.165) is 12.8 Å². The molecule has 0 spiro atoms. The van der Waals surface area contributed by atoms with Crippen molar-refractivity contribution in [2.24, 2.45) is 0 Å². The van der Waals surface area contributed by atoms with E-state index in [1.807, 2.05) is 6.92 Å². The summed E-state index contributed by atoms with van der Waals surface area (Å²) in [7, 11) is 0. The number of aromatic nitrogens is 4. The molecule has 1 saturated carbocycles. The number of aryl methyl sites for hydroxylation is 1. The number of alkyl halides is 2. The van der Waals surface area contributed by atoms with Crippen molar-refractivity contribution >= 4 is 17.5 Å². The van der Waals surface area contributed by atoms with Crippen molar-refractivity contribution in [3.63, 3.8) is 0 Å². The van der Waals surface area contributed by atoms with Gasteiger partial charge >= 0.3 is 0 Å². The molecule has 3 heterocycles. The number of carbonyl (C=O) groups is 2. The van der Waals surface area contributed by atoms with Crippen molar-refractivity contribution < 1.29 is 23.1 Å². The van der Waals surface area contributed by atoms with Crippen molar-refractivity contribution in [1.82, 2.24) is 24.5 Å². The largest absolute Gasteiger partial charge is 0.378 e. The van der Waals surface area contributed by atoms with Gasteiger partial charge in [0, 0.05) is 31.2 Å². The maximum absolute atomic E-state index is 13.1. The quantitative estimate of drug-likeness (QED) is 0.737. The molecule has 0 aromatic carbocycles. The normalized spacial score (nSPS) is 16.9. The lowest BCUT2D eigenvalue weighted by molar-refractivity contribution is -0.117. The number of nitrogens with zero attached hydrogens (tertiary/aromatic N) is 5. The van der Waals surface area contributed by atoms with Crippen LogP contribution >= 0.6 is 0 Å². The van der Waals surface area contributed by atoms with Crippen LogP contribution in [0.5, 0.6) is 0 Å². The zero-order chi connectivity index (χ0) is 21.3. The Kier molecular flexibility index (Phi) is 5.80. The van der Waals surface area contributed by atoms with Crippen LogP contribution < -0.4 is 5.32 Å². The number of amides is 2. The minimum absolute atomic E-state index is 0.166. The fraction of sp³-hybridized carbons (Fsp3) is 0.579. The number of carbonyl (C=O) groups excluding carboxylic acids is 2. The Morgan fingerprint density at radius 3 is 2.63 bits per heavy atom. The van der Waals surface area contributed by atoms with Crippen molar-refractivity contribution in [2.75, 3.05) is 31.6 Å². The highest BCUT2D eigenvalue weighted by Gasteiger charge is 2.31. The molecule has 1 N–H and O–H groups in total.